The predicted octanol–water partition coefficient (Wildman–Crippen LogP) is 2.61. The highest BCUT2D eigenvalue weighted by atomic mass is 16.2. The first kappa shape index (κ1) is 19.8. The highest BCUT2D eigenvalue weighted by molar-refractivity contribution is 5.98. The standard InChI is InChI=1S/C24H27N5O2/c30-23(28-10-3-4-11-28)17-27-12-14-29(15-13-27)24(31)22-16-21(25-26-22)20-9-5-7-18-6-1-2-8-19(18)20/h1-2,5-9,16H,3-4,10-15,17H2,(H,25,26). The van der Waals surface area contributed by atoms with Gasteiger partial charge in [0.25, 0.3) is 5.91 Å². The number of nitrogens with zero attached hydrogens (tertiary/aromatic N) is 4. The molecule has 7 heteroatoms. The molecule has 3 aromatic rings. The lowest BCUT2D eigenvalue weighted by atomic mass is 10.0. The van der Waals surface area contributed by atoms with E-state index in [2.05, 4.69) is 33.3 Å². The van der Waals surface area contributed by atoms with E-state index in [-0.39, 0.29) is 11.8 Å². The normalized spacial score (nSPS) is 17.4. The molecule has 0 bridgehead atoms. The Bertz CT molecular complexity index is 1090. The molecule has 0 spiro atoms. The molecule has 2 aromatic carbocycles. The van der Waals surface area contributed by atoms with Crippen LogP contribution in [0.4, 0.5) is 0 Å². The van der Waals surface area contributed by atoms with Crippen LogP contribution in [0.2, 0.25) is 0 Å². The summed E-state index contributed by atoms with van der Waals surface area (Å²) in [5, 5.41) is 9.61. The summed E-state index contributed by atoms with van der Waals surface area (Å²) in [6.45, 7) is 4.90. The quantitative estimate of drug-likeness (QED) is 0.708. The van der Waals surface area contributed by atoms with E-state index in [1.807, 2.05) is 40.1 Å². The van der Waals surface area contributed by atoms with Crippen molar-refractivity contribution in [3.63, 3.8) is 0 Å². The molecule has 2 saturated heterocycles. The number of H-pyrrole nitrogens is 1. The fourth-order valence-corrected chi connectivity index (χ4v) is 4.56. The molecule has 7 nitrogen and oxygen atoms in total. The van der Waals surface area contributed by atoms with Gasteiger partial charge in [0.2, 0.25) is 5.91 Å². The molecule has 1 N–H and O–H groups in total. The summed E-state index contributed by atoms with van der Waals surface area (Å²) in [4.78, 5) is 31.3. The summed E-state index contributed by atoms with van der Waals surface area (Å²) < 4.78 is 0. The van der Waals surface area contributed by atoms with E-state index in [4.69, 9.17) is 0 Å². The number of aromatic amines is 1. The van der Waals surface area contributed by atoms with Crippen LogP contribution in [-0.2, 0) is 4.79 Å². The Morgan fingerprint density at radius 1 is 0.871 bits per heavy atom. The fourth-order valence-electron chi connectivity index (χ4n) is 4.56. The molecule has 0 saturated carbocycles. The number of carbonyl (C=O) groups is 2. The van der Waals surface area contributed by atoms with Gasteiger partial charge in [0.15, 0.2) is 0 Å². The van der Waals surface area contributed by atoms with E-state index in [1.54, 1.807) is 0 Å². The second-order valence-electron chi connectivity index (χ2n) is 8.35. The molecular weight excluding hydrogens is 390 g/mol. The Kier molecular flexibility index (Phi) is 5.42. The maximum atomic E-state index is 13.0. The van der Waals surface area contributed by atoms with Crippen LogP contribution in [0.1, 0.15) is 23.3 Å². The Hall–Kier alpha value is -3.19. The molecule has 0 unspecified atom stereocenters. The Labute approximate surface area is 181 Å². The summed E-state index contributed by atoms with van der Waals surface area (Å²) in [6.07, 6.45) is 2.22. The van der Waals surface area contributed by atoms with Crippen molar-refractivity contribution < 1.29 is 9.59 Å². The average molecular weight is 418 g/mol. The van der Waals surface area contributed by atoms with E-state index in [0.29, 0.717) is 25.3 Å². The summed E-state index contributed by atoms with van der Waals surface area (Å²) in [5.74, 6) is 0.176. The lowest BCUT2D eigenvalue weighted by molar-refractivity contribution is -0.131. The van der Waals surface area contributed by atoms with E-state index in [0.717, 1.165) is 61.1 Å². The van der Waals surface area contributed by atoms with Gasteiger partial charge in [-0.15, -0.1) is 0 Å². The zero-order valence-electron chi connectivity index (χ0n) is 17.6. The number of rotatable bonds is 4. The molecule has 2 aliphatic heterocycles. The van der Waals surface area contributed by atoms with E-state index in [9.17, 15) is 9.59 Å². The van der Waals surface area contributed by atoms with Crippen LogP contribution >= 0.6 is 0 Å². The van der Waals surface area contributed by atoms with Gasteiger partial charge in [-0.3, -0.25) is 19.6 Å². The van der Waals surface area contributed by atoms with Gasteiger partial charge in [-0.05, 0) is 29.7 Å². The molecule has 31 heavy (non-hydrogen) atoms. The zero-order valence-corrected chi connectivity index (χ0v) is 17.6. The number of aromatic nitrogens is 2. The van der Waals surface area contributed by atoms with Crippen molar-refractivity contribution in [3.05, 3.63) is 54.2 Å². The topological polar surface area (TPSA) is 72.5 Å². The SMILES string of the molecule is O=C(CN1CCN(C(=O)c2cc(-c3cccc4ccccc34)n[nH]2)CC1)N1CCCC1. The first-order valence-corrected chi connectivity index (χ1v) is 11.0. The average Bonchev–Trinajstić information content (AvgIpc) is 3.51. The molecule has 160 valence electrons. The van der Waals surface area contributed by atoms with Crippen LogP contribution in [0.5, 0.6) is 0 Å². The number of nitrogens with one attached hydrogen (secondary N) is 1. The molecule has 2 fully saturated rings. The van der Waals surface area contributed by atoms with Crippen LogP contribution in [0.15, 0.2) is 48.5 Å². The second kappa shape index (κ2) is 8.51. The Morgan fingerprint density at radius 3 is 2.42 bits per heavy atom. The van der Waals surface area contributed by atoms with Gasteiger partial charge >= 0.3 is 0 Å². The minimum Gasteiger partial charge on any atom is -0.342 e. The van der Waals surface area contributed by atoms with Crippen LogP contribution in [0.3, 0.4) is 0 Å². The number of piperazine rings is 1. The molecular formula is C24H27N5O2. The third kappa shape index (κ3) is 4.05. The number of likely N-dealkylation sites (tertiary alicyclic amines) is 1. The first-order valence-electron chi connectivity index (χ1n) is 11.0. The van der Waals surface area contributed by atoms with Crippen molar-refractivity contribution in [1.29, 1.82) is 0 Å². The minimum atomic E-state index is -0.0375. The first-order chi connectivity index (χ1) is 15.2. The number of carbonyl (C=O) groups excluding carboxylic acids is 2. The third-order valence-corrected chi connectivity index (χ3v) is 6.35. The zero-order chi connectivity index (χ0) is 21.2. The third-order valence-electron chi connectivity index (χ3n) is 6.35. The number of amides is 2. The summed E-state index contributed by atoms with van der Waals surface area (Å²) in [6, 6.07) is 16.1. The molecule has 0 atom stereocenters. The lowest BCUT2D eigenvalue weighted by Crippen LogP contribution is -2.51. The van der Waals surface area contributed by atoms with Crippen molar-refractivity contribution >= 4 is 22.6 Å². The molecule has 0 radical (unpaired) electrons. The molecule has 2 aliphatic rings. The summed E-state index contributed by atoms with van der Waals surface area (Å²) >= 11 is 0. The van der Waals surface area contributed by atoms with Gasteiger partial charge in [0, 0.05) is 44.8 Å². The van der Waals surface area contributed by atoms with Crippen molar-refractivity contribution in [3.8, 4) is 11.3 Å². The van der Waals surface area contributed by atoms with E-state index in [1.165, 1.54) is 0 Å². The maximum Gasteiger partial charge on any atom is 0.271 e. The number of fused-ring (bicyclic) bond motifs is 1. The van der Waals surface area contributed by atoms with E-state index < -0.39 is 0 Å². The largest absolute Gasteiger partial charge is 0.342 e. The number of hydrogen-bond donors (Lipinski definition) is 1. The minimum absolute atomic E-state index is 0.0375. The van der Waals surface area contributed by atoms with Crippen molar-refractivity contribution in [2.45, 2.75) is 12.8 Å². The van der Waals surface area contributed by atoms with Gasteiger partial charge < -0.3 is 9.80 Å². The van der Waals surface area contributed by atoms with Crippen LogP contribution in [-0.4, -0.2) is 82.5 Å². The van der Waals surface area contributed by atoms with E-state index >= 15 is 0 Å². The lowest BCUT2D eigenvalue weighted by Gasteiger charge is -2.34. The number of hydrogen-bond acceptors (Lipinski definition) is 4. The second-order valence-corrected chi connectivity index (χ2v) is 8.35. The van der Waals surface area contributed by atoms with Gasteiger partial charge in [0.1, 0.15) is 5.69 Å². The van der Waals surface area contributed by atoms with Crippen LogP contribution < -0.4 is 0 Å². The monoisotopic (exact) mass is 417 g/mol. The predicted molar refractivity (Wildman–Crippen MR) is 120 cm³/mol. The fraction of sp³-hybridized carbons (Fsp3) is 0.375. The molecule has 5 rings (SSSR count). The van der Waals surface area contributed by atoms with Crippen molar-refractivity contribution in [2.24, 2.45) is 0 Å². The highest BCUT2D eigenvalue weighted by Crippen LogP contribution is 2.27. The van der Waals surface area contributed by atoms with Crippen LogP contribution in [0.25, 0.3) is 22.0 Å². The molecule has 3 heterocycles. The molecule has 2 amide bonds. The smallest absolute Gasteiger partial charge is 0.271 e. The highest BCUT2D eigenvalue weighted by Gasteiger charge is 2.26. The van der Waals surface area contributed by atoms with Gasteiger partial charge in [0.05, 0.1) is 12.2 Å². The summed E-state index contributed by atoms with van der Waals surface area (Å²) in [7, 11) is 0. The summed E-state index contributed by atoms with van der Waals surface area (Å²) in [5.41, 5.74) is 2.29. The molecule has 0 aliphatic carbocycles. The maximum absolute atomic E-state index is 13.0. The molecule has 1 aromatic heterocycles. The van der Waals surface area contributed by atoms with Crippen LogP contribution in [0, 0.1) is 0 Å². The van der Waals surface area contributed by atoms with Gasteiger partial charge in [-0.2, -0.15) is 5.10 Å². The van der Waals surface area contributed by atoms with Gasteiger partial charge in [-0.1, -0.05) is 42.5 Å². The van der Waals surface area contributed by atoms with Gasteiger partial charge in [-0.25, -0.2) is 0 Å². The van der Waals surface area contributed by atoms with Crippen molar-refractivity contribution in [2.75, 3.05) is 45.8 Å². The Morgan fingerprint density at radius 2 is 1.61 bits per heavy atom. The number of benzene rings is 2. The Balaban J connectivity index is 1.23. The van der Waals surface area contributed by atoms with Crippen molar-refractivity contribution in [1.82, 2.24) is 24.9 Å².